The molecule has 0 saturated heterocycles. The minimum atomic E-state index is -0.250. The van der Waals surface area contributed by atoms with E-state index in [-0.39, 0.29) is 17.8 Å². The van der Waals surface area contributed by atoms with E-state index in [4.69, 9.17) is 4.74 Å². The van der Waals surface area contributed by atoms with Gasteiger partial charge in [-0.15, -0.1) is 10.2 Å². The zero-order valence-corrected chi connectivity index (χ0v) is 17.1. The van der Waals surface area contributed by atoms with Crippen molar-refractivity contribution >= 4 is 17.7 Å². The fourth-order valence-electron chi connectivity index (χ4n) is 2.72. The quantitative estimate of drug-likeness (QED) is 0.589. The van der Waals surface area contributed by atoms with Gasteiger partial charge in [0.2, 0.25) is 5.91 Å². The molecule has 1 amide bonds. The van der Waals surface area contributed by atoms with E-state index in [9.17, 15) is 4.79 Å². The average molecular weight is 397 g/mol. The van der Waals surface area contributed by atoms with E-state index in [1.54, 1.807) is 0 Å². The summed E-state index contributed by atoms with van der Waals surface area (Å²) in [6.07, 6.45) is -0.250. The molecule has 1 aromatic heterocycles. The predicted octanol–water partition coefficient (Wildman–Crippen LogP) is 3.67. The number of nitrogens with one attached hydrogen (secondary N) is 1. The van der Waals surface area contributed by atoms with Gasteiger partial charge < -0.3 is 14.6 Å². The number of aryl methyl sites for hydroxylation is 1. The molecule has 0 fully saturated rings. The smallest absolute Gasteiger partial charge is 0.230 e. The molecule has 28 heavy (non-hydrogen) atoms. The molecule has 7 heteroatoms. The van der Waals surface area contributed by atoms with Crippen molar-refractivity contribution in [3.8, 4) is 5.75 Å². The fourth-order valence-corrected chi connectivity index (χ4v) is 3.46. The zero-order valence-electron chi connectivity index (χ0n) is 16.3. The third-order valence-electron chi connectivity index (χ3n) is 4.29. The van der Waals surface area contributed by atoms with Crippen LogP contribution in [0, 0.1) is 6.92 Å². The molecule has 1 atom stereocenters. The third-order valence-corrected chi connectivity index (χ3v) is 5.31. The number of nitrogens with zero attached hydrogens (tertiary/aromatic N) is 3. The summed E-state index contributed by atoms with van der Waals surface area (Å²) in [5.41, 5.74) is 2.14. The number of para-hydroxylation sites is 1. The van der Waals surface area contributed by atoms with E-state index in [1.807, 2.05) is 80.1 Å². The SMILES string of the molecule is Cc1ccccc1OC(C)c1nnc(SCC(=O)NCc2ccccc2)n1C. The highest BCUT2D eigenvalue weighted by Gasteiger charge is 2.18. The van der Waals surface area contributed by atoms with Crippen molar-refractivity contribution in [3.63, 3.8) is 0 Å². The second-order valence-corrected chi connectivity index (χ2v) is 7.42. The van der Waals surface area contributed by atoms with Gasteiger partial charge in [-0.1, -0.05) is 60.3 Å². The van der Waals surface area contributed by atoms with Crippen LogP contribution < -0.4 is 10.1 Å². The van der Waals surface area contributed by atoms with Crippen LogP contribution in [0.15, 0.2) is 59.8 Å². The highest BCUT2D eigenvalue weighted by Crippen LogP contribution is 2.25. The standard InChI is InChI=1S/C21H24N4O2S/c1-15-9-7-8-12-18(15)27-16(2)20-23-24-21(25(20)3)28-14-19(26)22-13-17-10-5-4-6-11-17/h4-12,16H,13-14H2,1-3H3,(H,22,26). The molecule has 2 aromatic carbocycles. The van der Waals surface area contributed by atoms with Crippen molar-refractivity contribution in [2.45, 2.75) is 31.7 Å². The van der Waals surface area contributed by atoms with E-state index in [2.05, 4.69) is 15.5 Å². The molecule has 0 bridgehead atoms. The van der Waals surface area contributed by atoms with Gasteiger partial charge in [0.25, 0.3) is 0 Å². The van der Waals surface area contributed by atoms with Crippen LogP contribution in [0.25, 0.3) is 0 Å². The maximum Gasteiger partial charge on any atom is 0.230 e. The Hall–Kier alpha value is -2.80. The van der Waals surface area contributed by atoms with E-state index in [0.29, 0.717) is 11.7 Å². The molecule has 1 N–H and O–H groups in total. The van der Waals surface area contributed by atoms with Gasteiger partial charge >= 0.3 is 0 Å². The van der Waals surface area contributed by atoms with Gasteiger partial charge in [0.05, 0.1) is 5.75 Å². The lowest BCUT2D eigenvalue weighted by molar-refractivity contribution is -0.118. The van der Waals surface area contributed by atoms with E-state index in [0.717, 1.165) is 22.7 Å². The molecule has 146 valence electrons. The molecule has 0 aliphatic heterocycles. The first-order valence-electron chi connectivity index (χ1n) is 9.09. The van der Waals surface area contributed by atoms with Crippen LogP contribution in [0.2, 0.25) is 0 Å². The summed E-state index contributed by atoms with van der Waals surface area (Å²) in [5, 5.41) is 12.1. The van der Waals surface area contributed by atoms with Gasteiger partial charge in [0, 0.05) is 13.6 Å². The van der Waals surface area contributed by atoms with Crippen molar-refractivity contribution in [1.29, 1.82) is 0 Å². The first-order valence-corrected chi connectivity index (χ1v) is 10.1. The Morgan fingerprint density at radius 3 is 2.61 bits per heavy atom. The minimum Gasteiger partial charge on any atom is -0.482 e. The molecular formula is C21H24N4O2S. The van der Waals surface area contributed by atoms with Gasteiger partial charge in [0.1, 0.15) is 5.75 Å². The summed E-state index contributed by atoms with van der Waals surface area (Å²) in [6.45, 7) is 4.47. The number of hydrogen-bond donors (Lipinski definition) is 1. The van der Waals surface area contributed by atoms with Crippen LogP contribution in [0.5, 0.6) is 5.75 Å². The molecule has 3 aromatic rings. The summed E-state index contributed by atoms with van der Waals surface area (Å²) in [6, 6.07) is 17.7. The Morgan fingerprint density at radius 1 is 1.14 bits per heavy atom. The minimum absolute atomic E-state index is 0.0392. The summed E-state index contributed by atoms with van der Waals surface area (Å²) in [5.74, 6) is 1.79. The Morgan fingerprint density at radius 2 is 1.86 bits per heavy atom. The lowest BCUT2D eigenvalue weighted by atomic mass is 10.2. The first-order chi connectivity index (χ1) is 13.5. The Labute approximate surface area is 169 Å². The topological polar surface area (TPSA) is 69.0 Å². The Bertz CT molecular complexity index is 927. The van der Waals surface area contributed by atoms with E-state index in [1.165, 1.54) is 11.8 Å². The highest BCUT2D eigenvalue weighted by molar-refractivity contribution is 7.99. The van der Waals surface area contributed by atoms with Crippen LogP contribution in [-0.2, 0) is 18.4 Å². The highest BCUT2D eigenvalue weighted by atomic mass is 32.2. The zero-order chi connectivity index (χ0) is 19.9. The number of hydrogen-bond acceptors (Lipinski definition) is 5. The monoisotopic (exact) mass is 396 g/mol. The van der Waals surface area contributed by atoms with Gasteiger partial charge in [-0.2, -0.15) is 0 Å². The van der Waals surface area contributed by atoms with Gasteiger partial charge in [-0.25, -0.2) is 0 Å². The van der Waals surface area contributed by atoms with Crippen LogP contribution in [0.3, 0.4) is 0 Å². The Balaban J connectivity index is 1.54. The summed E-state index contributed by atoms with van der Waals surface area (Å²) in [4.78, 5) is 12.1. The van der Waals surface area contributed by atoms with Crippen LogP contribution in [0.4, 0.5) is 0 Å². The molecule has 0 spiro atoms. The lowest BCUT2D eigenvalue weighted by Crippen LogP contribution is -2.24. The van der Waals surface area contributed by atoms with Crippen LogP contribution >= 0.6 is 11.8 Å². The van der Waals surface area contributed by atoms with Crippen molar-refractivity contribution in [2.24, 2.45) is 7.05 Å². The van der Waals surface area contributed by atoms with Crippen LogP contribution in [0.1, 0.15) is 30.0 Å². The van der Waals surface area contributed by atoms with Crippen molar-refractivity contribution < 1.29 is 9.53 Å². The molecule has 3 rings (SSSR count). The predicted molar refractivity (Wildman–Crippen MR) is 110 cm³/mol. The second-order valence-electron chi connectivity index (χ2n) is 6.48. The van der Waals surface area contributed by atoms with Crippen molar-refractivity contribution in [3.05, 3.63) is 71.5 Å². The van der Waals surface area contributed by atoms with Crippen LogP contribution in [-0.4, -0.2) is 26.4 Å². The number of benzene rings is 2. The number of rotatable bonds is 8. The number of carbonyl (C=O) groups excluding carboxylic acids is 1. The maximum absolute atomic E-state index is 12.1. The number of carbonyl (C=O) groups is 1. The molecule has 0 aliphatic carbocycles. The van der Waals surface area contributed by atoms with Crippen molar-refractivity contribution in [2.75, 3.05) is 5.75 Å². The van der Waals surface area contributed by atoms with E-state index >= 15 is 0 Å². The number of aromatic nitrogens is 3. The summed E-state index contributed by atoms with van der Waals surface area (Å²) >= 11 is 1.36. The molecule has 0 aliphatic rings. The normalized spacial score (nSPS) is 11.8. The average Bonchev–Trinajstić information content (AvgIpc) is 3.08. The number of ether oxygens (including phenoxy) is 1. The molecule has 6 nitrogen and oxygen atoms in total. The molecule has 0 radical (unpaired) electrons. The van der Waals surface area contributed by atoms with Gasteiger partial charge in [-0.05, 0) is 31.0 Å². The largest absolute Gasteiger partial charge is 0.482 e. The molecule has 0 saturated carbocycles. The Kier molecular flexibility index (Phi) is 6.71. The van der Waals surface area contributed by atoms with E-state index < -0.39 is 0 Å². The lowest BCUT2D eigenvalue weighted by Gasteiger charge is -2.15. The van der Waals surface area contributed by atoms with Gasteiger partial charge in [-0.3, -0.25) is 4.79 Å². The maximum atomic E-state index is 12.1. The first kappa shape index (κ1) is 19.9. The number of amides is 1. The molecular weight excluding hydrogens is 372 g/mol. The molecule has 1 unspecified atom stereocenters. The van der Waals surface area contributed by atoms with Crippen molar-refractivity contribution in [1.82, 2.24) is 20.1 Å². The molecule has 1 heterocycles. The summed E-state index contributed by atoms with van der Waals surface area (Å²) in [7, 11) is 1.89. The van der Waals surface area contributed by atoms with Gasteiger partial charge in [0.15, 0.2) is 17.1 Å². The third kappa shape index (κ3) is 5.13. The number of thioether (sulfide) groups is 1. The fraction of sp³-hybridized carbons (Fsp3) is 0.286. The summed E-state index contributed by atoms with van der Waals surface area (Å²) < 4.78 is 7.90. The second kappa shape index (κ2) is 9.41.